The van der Waals surface area contributed by atoms with Crippen molar-refractivity contribution in [3.63, 3.8) is 0 Å². The van der Waals surface area contributed by atoms with Crippen molar-refractivity contribution < 1.29 is 0 Å². The van der Waals surface area contributed by atoms with Crippen molar-refractivity contribution in [2.45, 2.75) is 0 Å². The summed E-state index contributed by atoms with van der Waals surface area (Å²) >= 11 is 12.1. The SMILES string of the molecule is CN(C(=N)N(C)c1ccc2c3c(cccc13)C=C2)c1ccc(Cl)c(Cl)c1. The van der Waals surface area contributed by atoms with E-state index in [0.717, 1.165) is 16.8 Å². The monoisotopic (exact) mass is 381 g/mol. The van der Waals surface area contributed by atoms with E-state index in [1.54, 1.807) is 17.0 Å². The molecule has 3 aromatic carbocycles. The Balaban J connectivity index is 1.72. The van der Waals surface area contributed by atoms with E-state index in [1.165, 1.54) is 16.5 Å². The standard InChI is InChI=1S/C21H17Cl2N3/c1-25(15-9-10-17(22)18(23)12-15)21(24)26(2)19-11-8-14-7-6-13-4-3-5-16(19)20(13)14/h3-12,24H,1-2H3. The van der Waals surface area contributed by atoms with Crippen LogP contribution < -0.4 is 9.80 Å². The van der Waals surface area contributed by atoms with Crippen LogP contribution in [0, 0.1) is 5.41 Å². The van der Waals surface area contributed by atoms with Crippen molar-refractivity contribution in [3.05, 3.63) is 69.7 Å². The minimum absolute atomic E-state index is 0.343. The lowest BCUT2D eigenvalue weighted by Crippen LogP contribution is -2.39. The Labute approximate surface area is 162 Å². The van der Waals surface area contributed by atoms with Crippen LogP contribution in [0.15, 0.2) is 48.5 Å². The molecule has 0 radical (unpaired) electrons. The molecule has 1 aliphatic rings. The van der Waals surface area contributed by atoms with Gasteiger partial charge in [0.05, 0.1) is 15.7 Å². The highest BCUT2D eigenvalue weighted by Crippen LogP contribution is 2.37. The van der Waals surface area contributed by atoms with Gasteiger partial charge in [0.15, 0.2) is 0 Å². The number of nitrogens with zero attached hydrogens (tertiary/aromatic N) is 2. The molecule has 0 fully saturated rings. The molecule has 1 aliphatic carbocycles. The molecule has 0 saturated carbocycles. The highest BCUT2D eigenvalue weighted by Gasteiger charge is 2.19. The molecule has 0 unspecified atom stereocenters. The smallest absolute Gasteiger partial charge is 0.202 e. The fourth-order valence-electron chi connectivity index (χ4n) is 3.35. The Morgan fingerprint density at radius 3 is 2.31 bits per heavy atom. The second-order valence-corrected chi connectivity index (χ2v) is 7.13. The maximum absolute atomic E-state index is 8.66. The number of halogens is 2. The zero-order chi connectivity index (χ0) is 18.4. The first-order valence-corrected chi connectivity index (χ1v) is 8.98. The van der Waals surface area contributed by atoms with Crippen LogP contribution in [0.1, 0.15) is 11.1 Å². The molecular weight excluding hydrogens is 365 g/mol. The van der Waals surface area contributed by atoms with Crippen molar-refractivity contribution in [3.8, 4) is 0 Å². The first-order chi connectivity index (χ1) is 12.5. The van der Waals surface area contributed by atoms with Crippen LogP contribution in [0.2, 0.25) is 10.0 Å². The van der Waals surface area contributed by atoms with Crippen LogP contribution in [-0.2, 0) is 0 Å². The molecule has 5 heteroatoms. The van der Waals surface area contributed by atoms with E-state index in [0.29, 0.717) is 16.0 Å². The van der Waals surface area contributed by atoms with E-state index in [2.05, 4.69) is 42.5 Å². The van der Waals surface area contributed by atoms with Crippen LogP contribution in [0.3, 0.4) is 0 Å². The summed E-state index contributed by atoms with van der Waals surface area (Å²) in [5.74, 6) is 0.343. The van der Waals surface area contributed by atoms with Gasteiger partial charge in [-0.3, -0.25) is 5.41 Å². The lowest BCUT2D eigenvalue weighted by atomic mass is 10.0. The van der Waals surface area contributed by atoms with Crippen molar-refractivity contribution in [2.75, 3.05) is 23.9 Å². The van der Waals surface area contributed by atoms with E-state index in [-0.39, 0.29) is 0 Å². The van der Waals surface area contributed by atoms with E-state index in [1.807, 2.05) is 25.1 Å². The molecule has 1 N–H and O–H groups in total. The first-order valence-electron chi connectivity index (χ1n) is 8.22. The van der Waals surface area contributed by atoms with Crippen LogP contribution >= 0.6 is 23.2 Å². The first kappa shape index (κ1) is 17.0. The lowest BCUT2D eigenvalue weighted by molar-refractivity contribution is 1.12. The predicted molar refractivity (Wildman–Crippen MR) is 114 cm³/mol. The molecule has 3 nitrogen and oxygen atoms in total. The average molecular weight is 382 g/mol. The van der Waals surface area contributed by atoms with Gasteiger partial charge in [-0.1, -0.05) is 59.6 Å². The average Bonchev–Trinajstić information content (AvgIpc) is 3.08. The molecular formula is C21H17Cl2N3. The third kappa shape index (κ3) is 2.64. The van der Waals surface area contributed by atoms with Gasteiger partial charge in [-0.15, -0.1) is 0 Å². The third-order valence-electron chi connectivity index (χ3n) is 4.81. The second-order valence-electron chi connectivity index (χ2n) is 6.32. The van der Waals surface area contributed by atoms with Gasteiger partial charge in [-0.25, -0.2) is 0 Å². The molecule has 0 aromatic heterocycles. The Morgan fingerprint density at radius 2 is 1.58 bits per heavy atom. The zero-order valence-corrected chi connectivity index (χ0v) is 15.9. The van der Waals surface area contributed by atoms with E-state index in [4.69, 9.17) is 28.6 Å². The topological polar surface area (TPSA) is 30.3 Å². The maximum Gasteiger partial charge on any atom is 0.202 e. The Hall–Kier alpha value is -2.49. The quantitative estimate of drug-likeness (QED) is 0.334. The van der Waals surface area contributed by atoms with Gasteiger partial charge in [0.1, 0.15) is 0 Å². The molecule has 4 rings (SSSR count). The van der Waals surface area contributed by atoms with Gasteiger partial charge in [0.2, 0.25) is 5.96 Å². The number of hydrogen-bond donors (Lipinski definition) is 1. The van der Waals surface area contributed by atoms with Gasteiger partial charge in [0, 0.05) is 25.2 Å². The summed E-state index contributed by atoms with van der Waals surface area (Å²) in [6.07, 6.45) is 4.27. The van der Waals surface area contributed by atoms with Gasteiger partial charge in [-0.05, 0) is 40.8 Å². The number of guanidine groups is 1. The van der Waals surface area contributed by atoms with Crippen LogP contribution in [0.4, 0.5) is 11.4 Å². The molecule has 0 saturated heterocycles. The lowest BCUT2D eigenvalue weighted by Gasteiger charge is -2.29. The maximum atomic E-state index is 8.66. The molecule has 0 bridgehead atoms. The van der Waals surface area contributed by atoms with Gasteiger partial charge in [-0.2, -0.15) is 0 Å². The summed E-state index contributed by atoms with van der Waals surface area (Å²) in [7, 11) is 3.75. The molecule has 0 spiro atoms. The number of rotatable bonds is 2. The number of anilines is 2. The summed E-state index contributed by atoms with van der Waals surface area (Å²) in [5, 5.41) is 12.0. The van der Waals surface area contributed by atoms with Gasteiger partial charge in [0.25, 0.3) is 0 Å². The third-order valence-corrected chi connectivity index (χ3v) is 5.55. The van der Waals surface area contributed by atoms with E-state index < -0.39 is 0 Å². The van der Waals surface area contributed by atoms with E-state index in [9.17, 15) is 0 Å². The van der Waals surface area contributed by atoms with Crippen LogP contribution in [0.25, 0.3) is 22.9 Å². The highest BCUT2D eigenvalue weighted by atomic mass is 35.5. The zero-order valence-electron chi connectivity index (χ0n) is 14.4. The molecule has 0 aliphatic heterocycles. The molecule has 0 amide bonds. The Bertz CT molecular complexity index is 1060. The molecule has 0 heterocycles. The number of hydrogen-bond acceptors (Lipinski definition) is 1. The summed E-state index contributed by atoms with van der Waals surface area (Å²) < 4.78 is 0. The van der Waals surface area contributed by atoms with Crippen LogP contribution in [0.5, 0.6) is 0 Å². The summed E-state index contributed by atoms with van der Waals surface area (Å²) in [6.45, 7) is 0. The Morgan fingerprint density at radius 1 is 0.846 bits per heavy atom. The number of nitrogens with one attached hydrogen (secondary N) is 1. The van der Waals surface area contributed by atoms with Gasteiger partial charge >= 0.3 is 0 Å². The van der Waals surface area contributed by atoms with Crippen molar-refractivity contribution >= 4 is 63.5 Å². The fraction of sp³-hybridized carbons (Fsp3) is 0.0952. The summed E-state index contributed by atoms with van der Waals surface area (Å²) in [5.41, 5.74) is 4.24. The summed E-state index contributed by atoms with van der Waals surface area (Å²) in [6, 6.07) is 15.8. The largest absolute Gasteiger partial charge is 0.315 e. The van der Waals surface area contributed by atoms with Gasteiger partial charge < -0.3 is 9.80 Å². The normalized spacial score (nSPS) is 11.8. The molecule has 26 heavy (non-hydrogen) atoms. The number of benzene rings is 3. The highest BCUT2D eigenvalue weighted by molar-refractivity contribution is 6.42. The fourth-order valence-corrected chi connectivity index (χ4v) is 3.64. The van der Waals surface area contributed by atoms with Crippen molar-refractivity contribution in [1.29, 1.82) is 5.41 Å². The molecule has 130 valence electrons. The molecule has 3 aromatic rings. The van der Waals surface area contributed by atoms with Crippen LogP contribution in [-0.4, -0.2) is 20.1 Å². The predicted octanol–water partition coefficient (Wildman–Crippen LogP) is 6.14. The van der Waals surface area contributed by atoms with Crippen molar-refractivity contribution in [2.24, 2.45) is 0 Å². The van der Waals surface area contributed by atoms with Crippen molar-refractivity contribution in [1.82, 2.24) is 0 Å². The minimum atomic E-state index is 0.343. The Kier molecular flexibility index (Phi) is 4.14. The van der Waals surface area contributed by atoms with E-state index >= 15 is 0 Å². The summed E-state index contributed by atoms with van der Waals surface area (Å²) in [4.78, 5) is 3.66. The molecule has 0 atom stereocenters. The minimum Gasteiger partial charge on any atom is -0.315 e. The second kappa shape index (κ2) is 6.35.